The fourth-order valence-electron chi connectivity index (χ4n) is 2.93. The average molecular weight is 340 g/mol. The van der Waals surface area contributed by atoms with Crippen LogP contribution in [0.15, 0.2) is 60.7 Å². The van der Waals surface area contributed by atoms with Gasteiger partial charge in [-0.1, -0.05) is 60.7 Å². The Kier molecular flexibility index (Phi) is 6.21. The molecule has 1 N–H and O–H groups in total. The van der Waals surface area contributed by atoms with Crippen LogP contribution in [-0.4, -0.2) is 29.3 Å². The first-order chi connectivity index (χ1) is 11.8. The zero-order valence-electron chi connectivity index (χ0n) is 13.9. The van der Waals surface area contributed by atoms with Gasteiger partial charge in [0.15, 0.2) is 5.11 Å². The molecule has 1 aliphatic rings. The van der Waals surface area contributed by atoms with Gasteiger partial charge in [0, 0.05) is 26.2 Å². The highest BCUT2D eigenvalue weighted by Crippen LogP contribution is 2.13. The van der Waals surface area contributed by atoms with Crippen LogP contribution < -0.4 is 5.32 Å². The van der Waals surface area contributed by atoms with Crippen molar-refractivity contribution in [1.82, 2.24) is 10.2 Å². The van der Waals surface area contributed by atoms with E-state index in [0.717, 1.165) is 44.2 Å². The second-order valence-electron chi connectivity index (χ2n) is 6.15. The highest BCUT2D eigenvalue weighted by Gasteiger charge is 2.17. The van der Waals surface area contributed by atoms with Gasteiger partial charge in [-0.3, -0.25) is 0 Å². The number of ether oxygens (including phenoxy) is 1. The van der Waals surface area contributed by atoms with E-state index in [-0.39, 0.29) is 0 Å². The van der Waals surface area contributed by atoms with Gasteiger partial charge in [-0.25, -0.2) is 0 Å². The largest absolute Gasteiger partial charge is 0.376 e. The smallest absolute Gasteiger partial charge is 0.169 e. The van der Waals surface area contributed by atoms with Crippen molar-refractivity contribution in [2.45, 2.75) is 32.0 Å². The Hall–Kier alpha value is -1.91. The van der Waals surface area contributed by atoms with Gasteiger partial charge in [0.1, 0.15) is 0 Å². The third kappa shape index (κ3) is 5.05. The summed E-state index contributed by atoms with van der Waals surface area (Å²) in [6.07, 6.45) is 2.56. The lowest BCUT2D eigenvalue weighted by atomic mass is 10.2. The van der Waals surface area contributed by atoms with Crippen LogP contribution in [0.3, 0.4) is 0 Å². The molecule has 3 nitrogen and oxygen atoms in total. The van der Waals surface area contributed by atoms with Gasteiger partial charge >= 0.3 is 0 Å². The Balaban J connectivity index is 1.64. The highest BCUT2D eigenvalue weighted by atomic mass is 32.1. The topological polar surface area (TPSA) is 24.5 Å². The Morgan fingerprint density at radius 1 is 1.00 bits per heavy atom. The van der Waals surface area contributed by atoms with Crippen molar-refractivity contribution in [3.8, 4) is 0 Å². The molecule has 0 amide bonds. The van der Waals surface area contributed by atoms with Crippen molar-refractivity contribution in [3.05, 3.63) is 71.8 Å². The van der Waals surface area contributed by atoms with E-state index in [0.29, 0.717) is 6.10 Å². The Bertz CT molecular complexity index is 585. The van der Waals surface area contributed by atoms with Gasteiger partial charge in [-0.05, 0) is 36.2 Å². The monoisotopic (exact) mass is 340 g/mol. The summed E-state index contributed by atoms with van der Waals surface area (Å²) in [5, 5.41) is 4.19. The standard InChI is InChI=1S/C20H24N2OS/c24-20(21-14-19-12-7-13-23-19)22(15-17-8-3-1-4-9-17)16-18-10-5-2-6-11-18/h1-6,8-11,19H,7,12-16H2,(H,21,24)/t19-/m1/s1. The third-order valence-corrected chi connectivity index (χ3v) is 4.63. The van der Waals surface area contributed by atoms with Gasteiger partial charge < -0.3 is 15.0 Å². The van der Waals surface area contributed by atoms with E-state index in [1.165, 1.54) is 11.1 Å². The molecular formula is C20H24N2OS. The molecule has 1 atom stereocenters. The molecule has 0 unspecified atom stereocenters. The number of hydrogen-bond donors (Lipinski definition) is 1. The lowest BCUT2D eigenvalue weighted by Crippen LogP contribution is -2.41. The predicted molar refractivity (Wildman–Crippen MR) is 102 cm³/mol. The van der Waals surface area contributed by atoms with E-state index in [1.807, 2.05) is 12.1 Å². The molecule has 0 spiro atoms. The molecule has 0 aromatic heterocycles. The molecule has 1 aliphatic heterocycles. The number of nitrogens with zero attached hydrogens (tertiary/aromatic N) is 1. The molecule has 1 saturated heterocycles. The van der Waals surface area contributed by atoms with Crippen molar-refractivity contribution < 1.29 is 4.74 Å². The summed E-state index contributed by atoms with van der Waals surface area (Å²) < 4.78 is 5.68. The van der Waals surface area contributed by atoms with E-state index in [2.05, 4.69) is 58.7 Å². The van der Waals surface area contributed by atoms with Gasteiger partial charge in [-0.2, -0.15) is 0 Å². The molecule has 0 bridgehead atoms. The SMILES string of the molecule is S=C(NC[C@H]1CCCO1)N(Cc1ccccc1)Cc1ccccc1. The lowest BCUT2D eigenvalue weighted by Gasteiger charge is -2.27. The Morgan fingerprint density at radius 2 is 1.58 bits per heavy atom. The van der Waals surface area contributed by atoms with Crippen LogP contribution in [0.4, 0.5) is 0 Å². The second-order valence-corrected chi connectivity index (χ2v) is 6.54. The van der Waals surface area contributed by atoms with Crippen molar-refractivity contribution >= 4 is 17.3 Å². The first kappa shape index (κ1) is 16.9. The maximum Gasteiger partial charge on any atom is 0.169 e. The molecule has 4 heteroatoms. The summed E-state index contributed by atoms with van der Waals surface area (Å²) in [5.74, 6) is 0. The normalized spacial score (nSPS) is 16.8. The minimum Gasteiger partial charge on any atom is -0.376 e. The van der Waals surface area contributed by atoms with Crippen LogP contribution in [0.2, 0.25) is 0 Å². The zero-order chi connectivity index (χ0) is 16.6. The van der Waals surface area contributed by atoms with Crippen molar-refractivity contribution in [2.75, 3.05) is 13.2 Å². The molecule has 2 aromatic rings. The summed E-state index contributed by atoms with van der Waals surface area (Å²) in [6, 6.07) is 20.9. The van der Waals surface area contributed by atoms with E-state index >= 15 is 0 Å². The first-order valence-corrected chi connectivity index (χ1v) is 8.94. The van der Waals surface area contributed by atoms with E-state index in [4.69, 9.17) is 17.0 Å². The average Bonchev–Trinajstić information content (AvgIpc) is 3.14. The van der Waals surface area contributed by atoms with E-state index < -0.39 is 0 Å². The van der Waals surface area contributed by atoms with E-state index in [1.54, 1.807) is 0 Å². The Morgan fingerprint density at radius 3 is 2.08 bits per heavy atom. The molecule has 24 heavy (non-hydrogen) atoms. The van der Waals surface area contributed by atoms with Crippen LogP contribution in [0.1, 0.15) is 24.0 Å². The van der Waals surface area contributed by atoms with Crippen molar-refractivity contribution in [1.29, 1.82) is 0 Å². The maximum atomic E-state index is 5.68. The van der Waals surface area contributed by atoms with E-state index in [9.17, 15) is 0 Å². The third-order valence-electron chi connectivity index (χ3n) is 4.22. The quantitative estimate of drug-likeness (QED) is 0.810. The van der Waals surface area contributed by atoms with Crippen LogP contribution in [-0.2, 0) is 17.8 Å². The zero-order valence-corrected chi connectivity index (χ0v) is 14.7. The van der Waals surface area contributed by atoms with Gasteiger partial charge in [-0.15, -0.1) is 0 Å². The fourth-order valence-corrected chi connectivity index (χ4v) is 3.14. The summed E-state index contributed by atoms with van der Waals surface area (Å²) >= 11 is 5.67. The van der Waals surface area contributed by atoms with Crippen LogP contribution in [0.5, 0.6) is 0 Å². The maximum absolute atomic E-state index is 5.68. The number of rotatable bonds is 6. The first-order valence-electron chi connectivity index (χ1n) is 8.53. The molecule has 1 fully saturated rings. The van der Waals surface area contributed by atoms with Crippen LogP contribution in [0.25, 0.3) is 0 Å². The molecule has 0 aliphatic carbocycles. The number of hydrogen-bond acceptors (Lipinski definition) is 2. The van der Waals surface area contributed by atoms with Crippen molar-refractivity contribution in [2.24, 2.45) is 0 Å². The molecule has 3 rings (SSSR count). The van der Waals surface area contributed by atoms with Gasteiger partial charge in [0.2, 0.25) is 0 Å². The summed E-state index contributed by atoms with van der Waals surface area (Å²) in [7, 11) is 0. The predicted octanol–water partition coefficient (Wildman–Crippen LogP) is 3.74. The molecular weight excluding hydrogens is 316 g/mol. The van der Waals surface area contributed by atoms with Crippen LogP contribution in [0, 0.1) is 0 Å². The molecule has 0 saturated carbocycles. The number of thiocarbonyl (C=S) groups is 1. The molecule has 0 radical (unpaired) electrons. The number of benzene rings is 2. The second kappa shape index (κ2) is 8.81. The highest BCUT2D eigenvalue weighted by molar-refractivity contribution is 7.80. The van der Waals surface area contributed by atoms with Crippen molar-refractivity contribution in [3.63, 3.8) is 0 Å². The lowest BCUT2D eigenvalue weighted by molar-refractivity contribution is 0.113. The van der Waals surface area contributed by atoms with Crippen LogP contribution >= 0.6 is 12.2 Å². The molecule has 2 aromatic carbocycles. The minimum absolute atomic E-state index is 0.290. The molecule has 126 valence electrons. The minimum atomic E-state index is 0.290. The Labute approximate surface area is 149 Å². The fraction of sp³-hybridized carbons (Fsp3) is 0.350. The van der Waals surface area contributed by atoms with Gasteiger partial charge in [0.05, 0.1) is 6.10 Å². The van der Waals surface area contributed by atoms with Gasteiger partial charge in [0.25, 0.3) is 0 Å². The summed E-state index contributed by atoms with van der Waals surface area (Å²) in [5.41, 5.74) is 2.52. The summed E-state index contributed by atoms with van der Waals surface area (Å²) in [4.78, 5) is 2.22. The number of nitrogens with one attached hydrogen (secondary N) is 1. The summed E-state index contributed by atoms with van der Waals surface area (Å²) in [6.45, 7) is 3.26. The molecule has 1 heterocycles.